The van der Waals surface area contributed by atoms with Crippen molar-refractivity contribution >= 4 is 0 Å². The summed E-state index contributed by atoms with van der Waals surface area (Å²) in [5.74, 6) is 4.71. The first kappa shape index (κ1) is 59.4. The van der Waals surface area contributed by atoms with Gasteiger partial charge in [0.15, 0.2) is 0 Å². The van der Waals surface area contributed by atoms with Crippen LogP contribution in [0.15, 0.2) is 79.4 Å². The molecule has 0 N–H and O–H groups in total. The second-order valence-electron chi connectivity index (χ2n) is 15.5. The van der Waals surface area contributed by atoms with Crippen LogP contribution in [0, 0.1) is 0 Å². The number of nitrogens with zero attached hydrogens (tertiary/aromatic N) is 3. The van der Waals surface area contributed by atoms with Crippen LogP contribution in [-0.4, -0.2) is 15.0 Å². The van der Waals surface area contributed by atoms with E-state index in [4.69, 9.17) is 0 Å². The van der Waals surface area contributed by atoms with Gasteiger partial charge in [-0.25, -0.2) is 0 Å². The first-order chi connectivity index (χ1) is 26.4. The van der Waals surface area contributed by atoms with Gasteiger partial charge in [-0.15, -0.1) is 0 Å². The number of pyridine rings is 3. The van der Waals surface area contributed by atoms with Gasteiger partial charge in [0.25, 0.3) is 0 Å². The van der Waals surface area contributed by atoms with Crippen molar-refractivity contribution in [1.82, 2.24) is 15.0 Å². The van der Waals surface area contributed by atoms with Crippen molar-refractivity contribution in [1.29, 1.82) is 0 Å². The van der Waals surface area contributed by atoms with Crippen LogP contribution in [0.3, 0.4) is 0 Å². The van der Waals surface area contributed by atoms with E-state index in [1.807, 2.05) is 80.2 Å². The lowest BCUT2D eigenvalue weighted by atomic mass is 9.96. The van der Waals surface area contributed by atoms with Gasteiger partial charge in [-0.05, 0) is 105 Å². The van der Waals surface area contributed by atoms with E-state index < -0.39 is 0 Å². The van der Waals surface area contributed by atoms with Crippen molar-refractivity contribution in [2.45, 2.75) is 214 Å². The third-order valence-electron chi connectivity index (χ3n) is 8.48. The van der Waals surface area contributed by atoms with Crippen molar-refractivity contribution < 1.29 is 0 Å². The first-order valence-electron chi connectivity index (χ1n) is 22.4. The third kappa shape index (κ3) is 26.5. The molecule has 0 saturated carbocycles. The Morgan fingerprint density at radius 1 is 0.304 bits per heavy atom. The molecule has 3 heteroatoms. The molecule has 56 heavy (non-hydrogen) atoms. The lowest BCUT2D eigenvalue weighted by Crippen LogP contribution is -1.95. The summed E-state index contributed by atoms with van der Waals surface area (Å²) in [6.07, 6.45) is 7.72. The van der Waals surface area contributed by atoms with Gasteiger partial charge in [-0.2, -0.15) is 0 Å². The molecule has 0 spiro atoms. The van der Waals surface area contributed by atoms with E-state index in [0.717, 1.165) is 0 Å². The number of hydrogen-bond donors (Lipinski definition) is 0. The van der Waals surface area contributed by atoms with Crippen LogP contribution in [-0.2, 0) is 0 Å². The highest BCUT2D eigenvalue weighted by molar-refractivity contribution is 5.28. The number of rotatable bonds is 8. The van der Waals surface area contributed by atoms with Crippen molar-refractivity contribution in [3.05, 3.63) is 124 Å². The normalized spacial score (nSPS) is 10.0. The van der Waals surface area contributed by atoms with E-state index in [0.29, 0.717) is 47.3 Å². The molecule has 3 nitrogen and oxygen atoms in total. The highest BCUT2D eigenvalue weighted by Crippen LogP contribution is 2.22. The summed E-state index contributed by atoms with van der Waals surface area (Å²) in [4.78, 5) is 12.9. The molecule has 0 aliphatic rings. The lowest BCUT2D eigenvalue weighted by molar-refractivity contribution is 0.799. The van der Waals surface area contributed by atoms with E-state index in [9.17, 15) is 0 Å². The van der Waals surface area contributed by atoms with E-state index in [-0.39, 0.29) is 0 Å². The quantitative estimate of drug-likeness (QED) is 0.179. The first-order valence-corrected chi connectivity index (χ1v) is 22.4. The monoisotopic (exact) mass is 772 g/mol. The van der Waals surface area contributed by atoms with Crippen LogP contribution in [0.4, 0.5) is 0 Å². The molecule has 320 valence electrons. The highest BCUT2D eigenvalue weighted by Gasteiger charge is 2.06. The number of hydrogen-bond acceptors (Lipinski definition) is 3. The van der Waals surface area contributed by atoms with Gasteiger partial charge in [-0.1, -0.05) is 197 Å². The molecule has 1 aromatic carbocycles. The molecule has 4 aromatic rings. The summed E-state index contributed by atoms with van der Waals surface area (Å²) in [7, 11) is 0. The second kappa shape index (κ2) is 36.0. The molecule has 3 aromatic heterocycles. The number of benzene rings is 1. The van der Waals surface area contributed by atoms with Crippen molar-refractivity contribution in [2.24, 2.45) is 0 Å². The standard InChI is InChI=1S/C12H18.3C11H17N.4C2H6/c1-9(2)11-6-5-7-12(8-11)10(3)4;1-8(2)10-5-11(9(3)4)7-12-6-10;2*1-8(2)10-5-6-12-11(7-10)9(3)4;4*1-2/h5-10H,1-4H3;3*5-9H,1-4H3;4*1-2H3. The Balaban J connectivity index is -0.000000303. The van der Waals surface area contributed by atoms with Crippen LogP contribution in [0.25, 0.3) is 0 Å². The summed E-state index contributed by atoms with van der Waals surface area (Å²) in [5.41, 5.74) is 10.7. The average molecular weight is 772 g/mol. The van der Waals surface area contributed by atoms with Gasteiger partial charge < -0.3 is 0 Å². The van der Waals surface area contributed by atoms with E-state index in [1.165, 1.54) is 44.8 Å². The predicted octanol–water partition coefficient (Wildman–Crippen LogP) is 18.0. The molecule has 0 atom stereocenters. The zero-order valence-corrected chi connectivity index (χ0v) is 41.5. The summed E-state index contributed by atoms with van der Waals surface area (Å²) < 4.78 is 0. The maximum Gasteiger partial charge on any atom is 0.0431 e. The van der Waals surface area contributed by atoms with Gasteiger partial charge >= 0.3 is 0 Å². The van der Waals surface area contributed by atoms with Crippen LogP contribution in [0.5, 0.6) is 0 Å². The van der Waals surface area contributed by atoms with Gasteiger partial charge in [0.2, 0.25) is 0 Å². The van der Waals surface area contributed by atoms with Crippen LogP contribution >= 0.6 is 0 Å². The fourth-order valence-electron chi connectivity index (χ4n) is 4.67. The maximum atomic E-state index is 4.32. The minimum Gasteiger partial charge on any atom is -0.264 e. The minimum atomic E-state index is 0.531. The van der Waals surface area contributed by atoms with E-state index in [2.05, 4.69) is 180 Å². The fourth-order valence-corrected chi connectivity index (χ4v) is 4.67. The molecule has 4 rings (SSSR count). The Labute approximate surface area is 351 Å². The Kier molecular flexibility index (Phi) is 38.2. The summed E-state index contributed by atoms with van der Waals surface area (Å²) in [6, 6.07) is 19.7. The SMILES string of the molecule is CC.CC.CC.CC.CC(C)c1cccc(C(C)C)c1.CC(C)c1ccnc(C(C)C)c1.CC(C)c1ccnc(C(C)C)c1.CC(C)c1cncc(C(C)C)c1. The van der Waals surface area contributed by atoms with Crippen LogP contribution in [0.2, 0.25) is 0 Å². The molecule has 0 aliphatic carbocycles. The molecule has 0 amide bonds. The zero-order chi connectivity index (χ0) is 44.6. The Bertz CT molecular complexity index is 1130. The molecule has 0 fully saturated rings. The molecule has 0 radical (unpaired) electrons. The smallest absolute Gasteiger partial charge is 0.0431 e. The molecule has 0 unspecified atom stereocenters. The Morgan fingerprint density at radius 2 is 0.554 bits per heavy atom. The summed E-state index contributed by atoms with van der Waals surface area (Å²) >= 11 is 0. The predicted molar refractivity (Wildman–Crippen MR) is 257 cm³/mol. The topological polar surface area (TPSA) is 38.7 Å². The van der Waals surface area contributed by atoms with E-state index >= 15 is 0 Å². The van der Waals surface area contributed by atoms with Crippen molar-refractivity contribution in [3.63, 3.8) is 0 Å². The molecular formula is C53H93N3. The Morgan fingerprint density at radius 3 is 0.804 bits per heavy atom. The highest BCUT2D eigenvalue weighted by atomic mass is 14.7. The second-order valence-corrected chi connectivity index (χ2v) is 15.5. The molecule has 0 saturated heterocycles. The van der Waals surface area contributed by atoms with Gasteiger partial charge in [0.05, 0.1) is 0 Å². The van der Waals surface area contributed by atoms with Gasteiger partial charge in [0.1, 0.15) is 0 Å². The van der Waals surface area contributed by atoms with Crippen molar-refractivity contribution in [2.75, 3.05) is 0 Å². The van der Waals surface area contributed by atoms with E-state index in [1.54, 1.807) is 0 Å². The molecular weight excluding hydrogens is 679 g/mol. The molecule has 0 bridgehead atoms. The molecule has 0 aliphatic heterocycles. The maximum absolute atomic E-state index is 4.32. The van der Waals surface area contributed by atoms with Gasteiger partial charge in [0, 0.05) is 36.2 Å². The fraction of sp³-hybridized carbons (Fsp3) is 0.604. The van der Waals surface area contributed by atoms with Crippen molar-refractivity contribution in [3.8, 4) is 0 Å². The third-order valence-corrected chi connectivity index (χ3v) is 8.48. The largest absolute Gasteiger partial charge is 0.264 e. The number of aromatic nitrogens is 3. The minimum absolute atomic E-state index is 0.531. The molecule has 3 heterocycles. The average Bonchev–Trinajstić information content (AvgIpc) is 3.21. The van der Waals surface area contributed by atoms with Crippen LogP contribution in [0.1, 0.15) is 258 Å². The van der Waals surface area contributed by atoms with Crippen LogP contribution < -0.4 is 0 Å². The summed E-state index contributed by atoms with van der Waals surface area (Å²) in [6.45, 7) is 51.2. The van der Waals surface area contributed by atoms with Gasteiger partial charge in [-0.3, -0.25) is 15.0 Å². The lowest BCUT2D eigenvalue weighted by Gasteiger charge is -2.09. The Hall–Kier alpha value is -3.33. The summed E-state index contributed by atoms with van der Waals surface area (Å²) in [5, 5.41) is 0. The zero-order valence-electron chi connectivity index (χ0n) is 41.5.